The van der Waals surface area contributed by atoms with E-state index in [1.54, 1.807) is 0 Å². The fraction of sp³-hybridized carbons (Fsp3) is 0.462. The van der Waals surface area contributed by atoms with E-state index in [0.717, 1.165) is 25.0 Å². The maximum atomic E-state index is 13.4. The van der Waals surface area contributed by atoms with Crippen molar-refractivity contribution in [1.82, 2.24) is 4.90 Å². The second-order valence-corrected chi connectivity index (χ2v) is 4.80. The average Bonchev–Trinajstić information content (AvgIpc) is 3.04. The molecule has 1 aromatic rings. The van der Waals surface area contributed by atoms with Crippen LogP contribution in [0.4, 0.5) is 8.78 Å². The second kappa shape index (κ2) is 4.42. The van der Waals surface area contributed by atoms with Crippen LogP contribution in [0.25, 0.3) is 0 Å². The molecule has 0 bridgehead atoms. The molecule has 0 spiro atoms. The summed E-state index contributed by atoms with van der Waals surface area (Å²) in [5, 5.41) is 8.96. The number of nitrogens with zero attached hydrogens (tertiary/aromatic N) is 2. The maximum Gasteiger partial charge on any atom is 0.127 e. The highest BCUT2D eigenvalue weighted by atomic mass is 19.1. The molecule has 0 unspecified atom stereocenters. The van der Waals surface area contributed by atoms with E-state index in [9.17, 15) is 8.78 Å². The van der Waals surface area contributed by atoms with Gasteiger partial charge in [-0.2, -0.15) is 5.26 Å². The highest BCUT2D eigenvalue weighted by molar-refractivity contribution is 5.19. The molecular formula is C13H14F2N2. The smallest absolute Gasteiger partial charge is 0.127 e. The molecule has 17 heavy (non-hydrogen) atoms. The van der Waals surface area contributed by atoms with Gasteiger partial charge in [0.1, 0.15) is 11.6 Å². The van der Waals surface area contributed by atoms with E-state index < -0.39 is 11.6 Å². The highest BCUT2D eigenvalue weighted by Crippen LogP contribution is 2.45. The van der Waals surface area contributed by atoms with Crippen molar-refractivity contribution in [1.29, 1.82) is 5.26 Å². The molecule has 0 radical (unpaired) electrons. The van der Waals surface area contributed by atoms with Crippen LogP contribution in [0.2, 0.25) is 0 Å². The van der Waals surface area contributed by atoms with E-state index in [4.69, 9.17) is 5.26 Å². The highest BCUT2D eigenvalue weighted by Gasteiger charge is 2.43. The molecule has 0 amide bonds. The largest absolute Gasteiger partial charge is 0.300 e. The molecule has 1 saturated carbocycles. The molecule has 90 valence electrons. The number of rotatable bonds is 4. The first-order valence-corrected chi connectivity index (χ1v) is 5.58. The van der Waals surface area contributed by atoms with E-state index in [1.165, 1.54) is 6.07 Å². The molecule has 1 aliphatic carbocycles. The van der Waals surface area contributed by atoms with Crippen molar-refractivity contribution in [2.75, 3.05) is 13.6 Å². The summed E-state index contributed by atoms with van der Waals surface area (Å²) in [7, 11) is 1.82. The Kier molecular flexibility index (Phi) is 3.12. The zero-order chi connectivity index (χ0) is 12.5. The molecule has 1 fully saturated rings. The maximum absolute atomic E-state index is 13.4. The van der Waals surface area contributed by atoms with Crippen molar-refractivity contribution in [2.45, 2.75) is 19.4 Å². The third kappa shape index (κ3) is 2.80. The van der Waals surface area contributed by atoms with Gasteiger partial charge in [-0.1, -0.05) is 0 Å². The van der Waals surface area contributed by atoms with Gasteiger partial charge < -0.3 is 4.90 Å². The standard InChI is InChI=1S/C13H14F2N2/c1-17(9-13(8-16)4-5-13)7-10-6-11(14)2-3-12(10)15/h2-3,6H,4-5,7,9H2,1H3. The van der Waals surface area contributed by atoms with Crippen LogP contribution in [-0.4, -0.2) is 18.5 Å². The van der Waals surface area contributed by atoms with E-state index in [1.807, 2.05) is 11.9 Å². The summed E-state index contributed by atoms with van der Waals surface area (Å²) in [6.07, 6.45) is 1.80. The van der Waals surface area contributed by atoms with Gasteiger partial charge in [-0.25, -0.2) is 8.78 Å². The lowest BCUT2D eigenvalue weighted by Gasteiger charge is -2.19. The Morgan fingerprint density at radius 1 is 1.41 bits per heavy atom. The third-order valence-corrected chi connectivity index (χ3v) is 3.11. The summed E-state index contributed by atoms with van der Waals surface area (Å²) in [6, 6.07) is 5.73. The number of hydrogen-bond donors (Lipinski definition) is 0. The summed E-state index contributed by atoms with van der Waals surface area (Å²) in [5.41, 5.74) is 0.0830. The van der Waals surface area contributed by atoms with Gasteiger partial charge in [-0.15, -0.1) is 0 Å². The predicted octanol–water partition coefficient (Wildman–Crippen LogP) is 2.70. The average molecular weight is 236 g/mol. The third-order valence-electron chi connectivity index (χ3n) is 3.11. The molecule has 2 rings (SSSR count). The summed E-state index contributed by atoms with van der Waals surface area (Å²) >= 11 is 0. The first-order valence-electron chi connectivity index (χ1n) is 5.58. The number of halogens is 2. The minimum atomic E-state index is -0.434. The molecular weight excluding hydrogens is 222 g/mol. The van der Waals surface area contributed by atoms with E-state index in [0.29, 0.717) is 18.7 Å². The van der Waals surface area contributed by atoms with Crippen molar-refractivity contribution < 1.29 is 8.78 Å². The zero-order valence-electron chi connectivity index (χ0n) is 9.71. The first kappa shape index (κ1) is 12.0. The summed E-state index contributed by atoms with van der Waals surface area (Å²) < 4.78 is 26.4. The molecule has 0 atom stereocenters. The lowest BCUT2D eigenvalue weighted by molar-refractivity contribution is 0.282. The van der Waals surface area contributed by atoms with Crippen molar-refractivity contribution in [2.24, 2.45) is 5.41 Å². The van der Waals surface area contributed by atoms with E-state index in [2.05, 4.69) is 6.07 Å². The van der Waals surface area contributed by atoms with E-state index >= 15 is 0 Å². The van der Waals surface area contributed by atoms with Crippen LogP contribution in [0, 0.1) is 28.4 Å². The van der Waals surface area contributed by atoms with Crippen molar-refractivity contribution in [3.05, 3.63) is 35.4 Å². The van der Waals surface area contributed by atoms with Gasteiger partial charge in [0.05, 0.1) is 11.5 Å². The summed E-state index contributed by atoms with van der Waals surface area (Å²) in [5.74, 6) is -0.837. The number of hydrogen-bond acceptors (Lipinski definition) is 2. The molecule has 0 aromatic heterocycles. The molecule has 1 aliphatic rings. The number of nitriles is 1. The molecule has 0 aliphatic heterocycles. The SMILES string of the molecule is CN(Cc1cc(F)ccc1F)CC1(C#N)CC1. The second-order valence-electron chi connectivity index (χ2n) is 4.80. The van der Waals surface area contributed by atoms with Crippen LogP contribution >= 0.6 is 0 Å². The number of benzene rings is 1. The van der Waals surface area contributed by atoms with Gasteiger partial charge in [0, 0.05) is 18.7 Å². The fourth-order valence-electron chi connectivity index (χ4n) is 1.98. The molecule has 4 heteroatoms. The normalized spacial score (nSPS) is 16.9. The van der Waals surface area contributed by atoms with Gasteiger partial charge >= 0.3 is 0 Å². The molecule has 0 N–H and O–H groups in total. The first-order chi connectivity index (χ1) is 8.04. The van der Waals surface area contributed by atoms with Gasteiger partial charge in [-0.3, -0.25) is 0 Å². The Morgan fingerprint density at radius 3 is 2.71 bits per heavy atom. The topological polar surface area (TPSA) is 27.0 Å². The Balaban J connectivity index is 2.01. The molecule has 1 aromatic carbocycles. The lowest BCUT2D eigenvalue weighted by Crippen LogP contribution is -2.26. The van der Waals surface area contributed by atoms with Crippen LogP contribution in [0.5, 0.6) is 0 Å². The lowest BCUT2D eigenvalue weighted by atomic mass is 10.1. The van der Waals surface area contributed by atoms with Crippen molar-refractivity contribution in [3.8, 4) is 6.07 Å². The molecule has 0 saturated heterocycles. The fourth-order valence-corrected chi connectivity index (χ4v) is 1.98. The zero-order valence-corrected chi connectivity index (χ0v) is 9.71. The van der Waals surface area contributed by atoms with E-state index in [-0.39, 0.29) is 5.41 Å². The predicted molar refractivity (Wildman–Crippen MR) is 60.0 cm³/mol. The molecule has 2 nitrogen and oxygen atoms in total. The van der Waals surface area contributed by atoms with Gasteiger partial charge in [0.25, 0.3) is 0 Å². The van der Waals surface area contributed by atoms with Crippen molar-refractivity contribution >= 4 is 0 Å². The van der Waals surface area contributed by atoms with Crippen LogP contribution in [0.15, 0.2) is 18.2 Å². The Bertz CT molecular complexity index is 461. The minimum Gasteiger partial charge on any atom is -0.300 e. The van der Waals surface area contributed by atoms with Crippen LogP contribution in [-0.2, 0) is 6.54 Å². The van der Waals surface area contributed by atoms with Gasteiger partial charge in [0.2, 0.25) is 0 Å². The Hall–Kier alpha value is -1.47. The van der Waals surface area contributed by atoms with Crippen LogP contribution < -0.4 is 0 Å². The Morgan fingerprint density at radius 2 is 2.12 bits per heavy atom. The van der Waals surface area contributed by atoms with Crippen LogP contribution in [0.1, 0.15) is 18.4 Å². The minimum absolute atomic E-state index is 0.251. The van der Waals surface area contributed by atoms with Gasteiger partial charge in [0.15, 0.2) is 0 Å². The quantitative estimate of drug-likeness (QED) is 0.803. The monoisotopic (exact) mass is 236 g/mol. The Labute approximate surface area is 99.5 Å². The van der Waals surface area contributed by atoms with Gasteiger partial charge in [-0.05, 0) is 38.1 Å². The van der Waals surface area contributed by atoms with Crippen LogP contribution in [0.3, 0.4) is 0 Å². The molecule has 0 heterocycles. The van der Waals surface area contributed by atoms with Crippen molar-refractivity contribution in [3.63, 3.8) is 0 Å². The summed E-state index contributed by atoms with van der Waals surface area (Å²) in [6.45, 7) is 0.937. The summed E-state index contributed by atoms with van der Waals surface area (Å²) in [4.78, 5) is 1.87.